The van der Waals surface area contributed by atoms with Gasteiger partial charge in [0, 0.05) is 22.8 Å². The molecule has 0 N–H and O–H groups in total. The summed E-state index contributed by atoms with van der Waals surface area (Å²) >= 11 is 1.06. The van der Waals surface area contributed by atoms with Crippen molar-refractivity contribution in [3.8, 4) is 0 Å². The third kappa shape index (κ3) is 45.2. The molecule has 0 aromatic heterocycles. The molecule has 0 saturated heterocycles. The normalized spacial score (nSPS) is 12.5. The molecule has 0 amide bonds. The first-order valence-electron chi connectivity index (χ1n) is 39.6. The molecule has 0 spiro atoms. The van der Waals surface area contributed by atoms with Crippen molar-refractivity contribution in [3.05, 3.63) is 87.0 Å². The van der Waals surface area contributed by atoms with Gasteiger partial charge >= 0.3 is 169 Å². The maximum absolute atomic E-state index is 12.1. The molecule has 1 heterocycles. The van der Waals surface area contributed by atoms with Crippen LogP contribution in [-0.4, -0.2) is 4.70 Å². The van der Waals surface area contributed by atoms with Crippen LogP contribution in [0.25, 0.3) is 16.9 Å². The molecular formula is C84H150N2Pd. The number of hydrogen-bond donors (Lipinski definition) is 0. The predicted molar refractivity (Wildman–Crippen MR) is 389 cm³/mol. The third-order valence-electron chi connectivity index (χ3n) is 19.0. The first kappa shape index (κ1) is 81.3. The first-order chi connectivity index (χ1) is 43.0. The number of hydrogen-bond acceptors (Lipinski definition) is 0. The van der Waals surface area contributed by atoms with E-state index < -0.39 is 0 Å². The molecule has 0 bridgehead atoms. The van der Waals surface area contributed by atoms with Crippen LogP contribution in [0.3, 0.4) is 0 Å². The Morgan fingerprint density at radius 1 is 0.253 bits per heavy atom. The molecule has 3 heteroatoms. The molecule has 0 atom stereocenters. The van der Waals surface area contributed by atoms with Gasteiger partial charge in [-0.25, -0.2) is 4.70 Å². The molecule has 0 aliphatic carbocycles. The van der Waals surface area contributed by atoms with E-state index in [0.717, 1.165) is 61.5 Å². The van der Waals surface area contributed by atoms with E-state index in [9.17, 15) is 5.53 Å². The minimum Gasteiger partial charge on any atom is -0.493 e. The van der Waals surface area contributed by atoms with Crippen molar-refractivity contribution in [1.82, 2.24) is 0 Å². The van der Waals surface area contributed by atoms with Crippen LogP contribution in [0.2, 0.25) is 9.79 Å². The van der Waals surface area contributed by atoms with E-state index >= 15 is 0 Å². The Hall–Kier alpha value is -1.82. The Morgan fingerprint density at radius 3 is 0.782 bits per heavy atom. The second kappa shape index (κ2) is 61.7. The molecule has 506 valence electrons. The molecule has 2 aromatic carbocycles. The number of nitrogens with zero attached hydrogens (tertiary/aromatic N) is 2. The minimum atomic E-state index is 0.967. The second-order valence-electron chi connectivity index (χ2n) is 27.6. The second-order valence-corrected chi connectivity index (χ2v) is 30.0. The van der Waals surface area contributed by atoms with Gasteiger partial charge in [0.05, 0.1) is 0 Å². The van der Waals surface area contributed by atoms with Crippen molar-refractivity contribution < 1.29 is 22.7 Å². The summed E-state index contributed by atoms with van der Waals surface area (Å²) in [5.41, 5.74) is 23.6. The Morgan fingerprint density at radius 2 is 0.483 bits per heavy atom. The van der Waals surface area contributed by atoms with E-state index in [1.165, 1.54) is 386 Å². The van der Waals surface area contributed by atoms with Crippen molar-refractivity contribution in [2.24, 2.45) is 0 Å². The van der Waals surface area contributed by atoms with Gasteiger partial charge in [0.2, 0.25) is 11.4 Å². The first-order valence-corrected chi connectivity index (χ1v) is 41.8. The number of unbranched alkanes of at least 4 members (excludes halogenated alkanes) is 47. The van der Waals surface area contributed by atoms with Gasteiger partial charge in [-0.3, -0.25) is 0 Å². The Labute approximate surface area is 554 Å². The Bertz CT molecular complexity index is 1870. The van der Waals surface area contributed by atoms with E-state index in [1.54, 1.807) is 14.5 Å². The maximum atomic E-state index is 12.1. The predicted octanol–water partition coefficient (Wildman–Crippen LogP) is 30.2. The van der Waals surface area contributed by atoms with E-state index in [2.05, 4.69) is 90.9 Å². The van der Waals surface area contributed by atoms with Crippen LogP contribution in [0.15, 0.2) is 48.0 Å². The van der Waals surface area contributed by atoms with Gasteiger partial charge in [-0.1, -0.05) is 234 Å². The van der Waals surface area contributed by atoms with E-state index in [0.29, 0.717) is 0 Å². The van der Waals surface area contributed by atoms with Crippen molar-refractivity contribution >= 4 is 11.4 Å². The van der Waals surface area contributed by atoms with Crippen LogP contribution in [0.4, 0.5) is 0 Å². The van der Waals surface area contributed by atoms with Gasteiger partial charge in [0.1, 0.15) is 0 Å². The molecule has 0 fully saturated rings. The summed E-state index contributed by atoms with van der Waals surface area (Å²) in [6.45, 7) is 16.1. The van der Waals surface area contributed by atoms with E-state index in [-0.39, 0.29) is 0 Å². The fraction of sp³-hybridized carbons (Fsp3) is 0.810. The van der Waals surface area contributed by atoms with Gasteiger partial charge in [-0.05, 0) is 111 Å². The number of benzene rings is 2. The van der Waals surface area contributed by atoms with Crippen LogP contribution in [-0.2, 0) is 43.7 Å². The van der Waals surface area contributed by atoms with Gasteiger partial charge < -0.3 is 5.53 Å². The summed E-state index contributed by atoms with van der Waals surface area (Å²) in [5.74, 6) is 0. The van der Waals surface area contributed by atoms with Crippen LogP contribution in [0.1, 0.15) is 435 Å². The van der Waals surface area contributed by atoms with E-state index in [1.807, 2.05) is 0 Å². The fourth-order valence-corrected chi connectivity index (χ4v) is 15.2. The van der Waals surface area contributed by atoms with Gasteiger partial charge in [0.25, 0.3) is 0 Å². The molecule has 1 aliphatic rings. The Kier molecular flexibility index (Phi) is 57.6. The molecule has 0 radical (unpaired) electrons. The molecule has 0 saturated carbocycles. The van der Waals surface area contributed by atoms with Gasteiger partial charge in [-0.15, -0.1) is 0 Å². The van der Waals surface area contributed by atoms with Crippen LogP contribution >= 0.6 is 0 Å². The van der Waals surface area contributed by atoms with Crippen molar-refractivity contribution in [1.29, 1.82) is 0 Å². The zero-order valence-electron chi connectivity index (χ0n) is 59.9. The smallest absolute Gasteiger partial charge is 0.493 e. The monoisotopic (exact) mass is 1290 g/mol. The quantitative estimate of drug-likeness (QED) is 0.0358. The zero-order valence-corrected chi connectivity index (χ0v) is 61.4. The van der Waals surface area contributed by atoms with Crippen LogP contribution in [0.5, 0.6) is 0 Å². The molecule has 2 nitrogen and oxygen atoms in total. The number of rotatable bonds is 63. The summed E-state index contributed by atoms with van der Waals surface area (Å²) in [7, 11) is 0. The molecule has 87 heavy (non-hydrogen) atoms. The van der Waals surface area contributed by atoms with Crippen LogP contribution < -0.4 is 0 Å². The molecule has 2 aromatic rings. The van der Waals surface area contributed by atoms with Crippen molar-refractivity contribution in [2.45, 2.75) is 437 Å². The zero-order chi connectivity index (χ0) is 62.6. The summed E-state index contributed by atoms with van der Waals surface area (Å²) in [6.07, 6.45) is 84.0. The average Bonchev–Trinajstić information content (AvgIpc) is 1.98. The summed E-state index contributed by atoms with van der Waals surface area (Å²) in [6, 6.07) is 14.5. The van der Waals surface area contributed by atoms with Gasteiger partial charge in [0.15, 0.2) is 0 Å². The summed E-state index contributed by atoms with van der Waals surface area (Å²) in [4.78, 5) is 3.09. The van der Waals surface area contributed by atoms with E-state index in [4.69, 9.17) is 0 Å². The molecule has 3 rings (SSSR count). The molecular weight excluding hydrogens is 1140 g/mol. The minimum absolute atomic E-state index is 0.967. The molecule has 0 unspecified atom stereocenters. The summed E-state index contributed by atoms with van der Waals surface area (Å²) in [5, 5.41) is 0. The average molecular weight is 1290 g/mol. The third-order valence-corrected chi connectivity index (χ3v) is 21.2. The fourth-order valence-electron chi connectivity index (χ4n) is 13.2. The standard InChI is InChI=1S/C46H72N2.2C19H39.Pd/c1-6-11-16-19-21-23-28-40-31-38(26-14-9-4)33-43(34-40)45-37-42(30-25-18-13-8-3)46(48(45)47)44-35-39(27-15-10-5)32-41(36-44)29-24-22-20-17-12-7-2;2*1-3-5-7-9-11-13-15-17-19-18-16-14-12-10-8-6-4-2;/h31-37H,6-30H2,1-5H3;2*1,3-19H2,2H3;. The Balaban J connectivity index is 0.000000608. The summed E-state index contributed by atoms with van der Waals surface area (Å²) < 4.78 is 1.58. The van der Waals surface area contributed by atoms with Gasteiger partial charge in [-0.2, -0.15) is 0 Å². The van der Waals surface area contributed by atoms with Crippen molar-refractivity contribution in [3.63, 3.8) is 0 Å². The molecule has 1 aliphatic heterocycles. The SMILES string of the molecule is CCCCCCCCCCCCCCCCCC[CH2][Pd][CH2]CCCCCCCCCCCCCCCCCC.CCCCCCCCc1cc(CCCC)cc(C2=CC(CCCCCC)=C(c3cc(CCCC)cc(CCCCCCCC)c3)[N+]2=[N-])c1. The number of aryl methyl sites for hydroxylation is 4. The topological polar surface area (TPSA) is 25.3 Å². The number of allylic oxidation sites excluding steroid dienone is 2. The van der Waals surface area contributed by atoms with Crippen LogP contribution in [0, 0.1) is 0 Å². The van der Waals surface area contributed by atoms with Crippen molar-refractivity contribution in [2.75, 3.05) is 0 Å².